The average molecular weight is 330 g/mol. The lowest BCUT2D eigenvalue weighted by molar-refractivity contribution is -0.0597. The van der Waals surface area contributed by atoms with Gasteiger partial charge >= 0.3 is 0 Å². The Bertz CT molecular complexity index is 804. The lowest BCUT2D eigenvalue weighted by atomic mass is 9.86. The zero-order chi connectivity index (χ0) is 17.7. The van der Waals surface area contributed by atoms with Gasteiger partial charge in [-0.2, -0.15) is 10.4 Å². The summed E-state index contributed by atoms with van der Waals surface area (Å²) in [5.41, 5.74) is 5.59. The molecule has 3 heterocycles. The van der Waals surface area contributed by atoms with Crippen LogP contribution in [-0.4, -0.2) is 38.1 Å². The summed E-state index contributed by atoms with van der Waals surface area (Å²) < 4.78 is 7.41. The molecule has 0 saturated carbocycles. The molecule has 1 saturated heterocycles. The van der Waals surface area contributed by atoms with Gasteiger partial charge in [0.2, 0.25) is 5.60 Å². The van der Waals surface area contributed by atoms with E-state index < -0.39 is 23.9 Å². The molecule has 0 aromatic carbocycles. The van der Waals surface area contributed by atoms with Crippen molar-refractivity contribution in [1.29, 1.82) is 5.26 Å². The first-order valence-electron chi connectivity index (χ1n) is 7.87. The molecular weight excluding hydrogens is 308 g/mol. The van der Waals surface area contributed by atoms with Gasteiger partial charge in [-0.15, -0.1) is 0 Å². The number of rotatable bonds is 2. The molecule has 1 unspecified atom stereocenters. The zero-order valence-electron chi connectivity index (χ0n) is 14.0. The van der Waals surface area contributed by atoms with Gasteiger partial charge in [-0.05, 0) is 30.0 Å². The number of aliphatic hydroxyl groups is 2. The molecule has 2 aromatic rings. The highest BCUT2D eigenvalue weighted by Gasteiger charge is 2.57. The van der Waals surface area contributed by atoms with Crippen molar-refractivity contribution in [2.75, 3.05) is 5.73 Å². The van der Waals surface area contributed by atoms with Crippen molar-refractivity contribution in [1.82, 2.24) is 9.61 Å². The molecule has 4 atom stereocenters. The van der Waals surface area contributed by atoms with Crippen molar-refractivity contribution in [2.45, 2.75) is 51.1 Å². The first-order chi connectivity index (χ1) is 11.2. The maximum Gasteiger partial charge on any atom is 0.225 e. The molecule has 1 fully saturated rings. The Morgan fingerprint density at radius 1 is 1.38 bits per heavy atom. The molecule has 1 aliphatic heterocycles. The Labute approximate surface area is 140 Å². The third-order valence-corrected chi connectivity index (χ3v) is 4.41. The number of aliphatic hydroxyl groups excluding tert-OH is 2. The molecule has 7 heteroatoms. The largest absolute Gasteiger partial charge is 0.397 e. The topological polar surface area (TPSA) is 117 Å². The van der Waals surface area contributed by atoms with Crippen LogP contribution in [0.15, 0.2) is 24.4 Å². The second-order valence-electron chi connectivity index (χ2n) is 7.51. The number of nitrogens with zero attached hydrogens (tertiary/aromatic N) is 3. The van der Waals surface area contributed by atoms with Crippen LogP contribution in [0.25, 0.3) is 5.52 Å². The maximum atomic E-state index is 10.6. The molecule has 128 valence electrons. The van der Waals surface area contributed by atoms with E-state index in [-0.39, 0.29) is 5.41 Å². The SMILES string of the molecule is CC(C)(C)C[C@H]1O[C@@](C#N)(c2ccc3c(N)ccnn23)[C@@H](O)C1O. The number of fused-ring (bicyclic) bond motifs is 1. The number of hydrogen-bond acceptors (Lipinski definition) is 6. The summed E-state index contributed by atoms with van der Waals surface area (Å²) in [7, 11) is 0. The summed E-state index contributed by atoms with van der Waals surface area (Å²) in [4.78, 5) is 0. The quantitative estimate of drug-likeness (QED) is 0.761. The summed E-state index contributed by atoms with van der Waals surface area (Å²) in [6.45, 7) is 6.03. The minimum Gasteiger partial charge on any atom is -0.397 e. The van der Waals surface area contributed by atoms with E-state index in [9.17, 15) is 15.5 Å². The van der Waals surface area contributed by atoms with Gasteiger partial charge in [0.1, 0.15) is 18.3 Å². The molecule has 0 spiro atoms. The highest BCUT2D eigenvalue weighted by Crippen LogP contribution is 2.43. The van der Waals surface area contributed by atoms with Crippen molar-refractivity contribution in [3.8, 4) is 6.07 Å². The van der Waals surface area contributed by atoms with E-state index in [1.54, 1.807) is 18.2 Å². The van der Waals surface area contributed by atoms with Gasteiger partial charge in [0.25, 0.3) is 0 Å². The lowest BCUT2D eigenvalue weighted by Gasteiger charge is -2.26. The second-order valence-corrected chi connectivity index (χ2v) is 7.51. The number of aromatic nitrogens is 2. The molecule has 3 rings (SSSR count). The number of hydrogen-bond donors (Lipinski definition) is 3. The molecule has 2 aromatic heterocycles. The van der Waals surface area contributed by atoms with Gasteiger partial charge in [0.05, 0.1) is 23.0 Å². The average Bonchev–Trinajstić information content (AvgIpc) is 3.03. The van der Waals surface area contributed by atoms with E-state index in [0.29, 0.717) is 23.3 Å². The summed E-state index contributed by atoms with van der Waals surface area (Å²) >= 11 is 0. The zero-order valence-corrected chi connectivity index (χ0v) is 14.0. The normalized spacial score (nSPS) is 30.6. The van der Waals surface area contributed by atoms with Crippen LogP contribution in [0.1, 0.15) is 32.9 Å². The van der Waals surface area contributed by atoms with Crippen LogP contribution in [0, 0.1) is 16.7 Å². The number of nitrogen functional groups attached to an aromatic ring is 1. The Balaban J connectivity index is 2.09. The monoisotopic (exact) mass is 330 g/mol. The van der Waals surface area contributed by atoms with Crippen molar-refractivity contribution in [2.24, 2.45) is 5.41 Å². The lowest BCUT2D eigenvalue weighted by Crippen LogP contribution is -2.40. The van der Waals surface area contributed by atoms with Crippen molar-refractivity contribution >= 4 is 11.2 Å². The van der Waals surface area contributed by atoms with Crippen LogP contribution in [0.4, 0.5) is 5.69 Å². The molecule has 0 bridgehead atoms. The smallest absolute Gasteiger partial charge is 0.225 e. The predicted octanol–water partition coefficient (Wildman–Crippen LogP) is 1.19. The first kappa shape index (κ1) is 16.7. The summed E-state index contributed by atoms with van der Waals surface area (Å²) in [5, 5.41) is 35.1. The molecule has 4 N–H and O–H groups in total. The van der Waals surface area contributed by atoms with Crippen molar-refractivity contribution in [3.05, 3.63) is 30.1 Å². The fourth-order valence-corrected chi connectivity index (χ4v) is 3.27. The minimum atomic E-state index is -1.69. The van der Waals surface area contributed by atoms with Crippen LogP contribution in [-0.2, 0) is 10.3 Å². The van der Waals surface area contributed by atoms with E-state index in [0.717, 1.165) is 0 Å². The Hall–Kier alpha value is -2.14. The van der Waals surface area contributed by atoms with Crippen molar-refractivity contribution in [3.63, 3.8) is 0 Å². The van der Waals surface area contributed by atoms with E-state index in [2.05, 4.69) is 11.2 Å². The summed E-state index contributed by atoms with van der Waals surface area (Å²) in [6.07, 6.45) is -1.16. The molecule has 0 amide bonds. The number of anilines is 1. The Kier molecular flexibility index (Phi) is 3.79. The third-order valence-electron chi connectivity index (χ3n) is 4.41. The van der Waals surface area contributed by atoms with E-state index in [4.69, 9.17) is 10.5 Å². The van der Waals surface area contributed by atoms with Crippen LogP contribution in [0.3, 0.4) is 0 Å². The van der Waals surface area contributed by atoms with Gasteiger partial charge < -0.3 is 20.7 Å². The standard InChI is InChI=1S/C17H22N4O3/c1-16(2,3)8-12-14(22)15(23)17(9-18,24-12)13-5-4-11-10(19)6-7-20-21(11)13/h4-7,12,14-15,22-23H,8,19H2,1-3H3/t12-,14?,15+,17+/m1/s1. The number of nitriles is 1. The molecule has 1 aliphatic rings. The summed E-state index contributed by atoms with van der Waals surface area (Å²) in [6, 6.07) is 7.08. The van der Waals surface area contributed by atoms with E-state index in [1.165, 1.54) is 10.7 Å². The Morgan fingerprint density at radius 2 is 2.08 bits per heavy atom. The van der Waals surface area contributed by atoms with Crippen LogP contribution in [0.2, 0.25) is 0 Å². The van der Waals surface area contributed by atoms with Crippen LogP contribution in [0.5, 0.6) is 0 Å². The van der Waals surface area contributed by atoms with Crippen LogP contribution < -0.4 is 5.73 Å². The second kappa shape index (κ2) is 5.45. The molecule has 0 radical (unpaired) electrons. The van der Waals surface area contributed by atoms with Gasteiger partial charge in [0, 0.05) is 6.20 Å². The van der Waals surface area contributed by atoms with Gasteiger partial charge in [-0.3, -0.25) is 0 Å². The first-order valence-corrected chi connectivity index (χ1v) is 7.87. The maximum absolute atomic E-state index is 10.6. The molecular formula is C17H22N4O3. The highest BCUT2D eigenvalue weighted by atomic mass is 16.6. The van der Waals surface area contributed by atoms with Crippen molar-refractivity contribution < 1.29 is 14.9 Å². The number of nitrogens with two attached hydrogens (primary N) is 1. The fourth-order valence-electron chi connectivity index (χ4n) is 3.27. The molecule has 0 aliphatic carbocycles. The molecule has 7 nitrogen and oxygen atoms in total. The molecule has 24 heavy (non-hydrogen) atoms. The highest BCUT2D eigenvalue weighted by molar-refractivity contribution is 5.69. The fraction of sp³-hybridized carbons (Fsp3) is 0.529. The number of ether oxygens (including phenoxy) is 1. The van der Waals surface area contributed by atoms with Gasteiger partial charge in [0.15, 0.2) is 0 Å². The summed E-state index contributed by atoms with van der Waals surface area (Å²) in [5.74, 6) is 0. The predicted molar refractivity (Wildman–Crippen MR) is 87.9 cm³/mol. The van der Waals surface area contributed by atoms with Crippen LogP contribution >= 0.6 is 0 Å². The van der Waals surface area contributed by atoms with Gasteiger partial charge in [-0.1, -0.05) is 20.8 Å². The van der Waals surface area contributed by atoms with E-state index in [1.807, 2.05) is 20.8 Å². The Morgan fingerprint density at radius 3 is 2.71 bits per heavy atom. The minimum absolute atomic E-state index is 0.124. The van der Waals surface area contributed by atoms with E-state index >= 15 is 0 Å². The third kappa shape index (κ3) is 2.44. The van der Waals surface area contributed by atoms with Gasteiger partial charge in [-0.25, -0.2) is 4.52 Å².